The van der Waals surface area contributed by atoms with E-state index in [0.29, 0.717) is 6.54 Å². The Morgan fingerprint density at radius 1 is 1.62 bits per heavy atom. The molecule has 0 unspecified atom stereocenters. The normalized spacial score (nSPS) is 9.94. The van der Waals surface area contributed by atoms with Gasteiger partial charge in [0.1, 0.15) is 0 Å². The number of hydrogen-bond donors (Lipinski definition) is 2. The van der Waals surface area contributed by atoms with Gasteiger partial charge in [0, 0.05) is 6.54 Å². The van der Waals surface area contributed by atoms with Crippen molar-refractivity contribution in [3.63, 3.8) is 0 Å². The van der Waals surface area contributed by atoms with Crippen LogP contribution in [-0.2, 0) is 0 Å². The lowest BCUT2D eigenvalue weighted by molar-refractivity contribution is 0.0695. The van der Waals surface area contributed by atoms with Crippen LogP contribution >= 0.6 is 15.9 Å². The van der Waals surface area contributed by atoms with E-state index in [1.54, 1.807) is 0 Å². The second-order valence-corrected chi connectivity index (χ2v) is 4.20. The molecule has 5 heteroatoms. The van der Waals surface area contributed by atoms with Gasteiger partial charge in [-0.1, -0.05) is 12.2 Å². The van der Waals surface area contributed by atoms with Gasteiger partial charge in [-0.25, -0.2) is 9.18 Å². The van der Waals surface area contributed by atoms with Gasteiger partial charge in [-0.15, -0.1) is 0 Å². The highest BCUT2D eigenvalue weighted by atomic mass is 79.9. The summed E-state index contributed by atoms with van der Waals surface area (Å²) in [6.07, 6.45) is 0. The molecule has 0 heterocycles. The van der Waals surface area contributed by atoms with E-state index in [2.05, 4.69) is 27.8 Å². The molecule has 0 spiro atoms. The molecule has 0 radical (unpaired) electrons. The van der Waals surface area contributed by atoms with E-state index in [0.717, 1.165) is 5.57 Å². The Morgan fingerprint density at radius 2 is 2.25 bits per heavy atom. The van der Waals surface area contributed by atoms with Gasteiger partial charge in [0.25, 0.3) is 0 Å². The number of aromatic carboxylic acids is 1. The number of carbonyl (C=O) groups is 1. The third-order valence-electron chi connectivity index (χ3n) is 1.89. The molecule has 0 aliphatic heterocycles. The minimum Gasteiger partial charge on any atom is -0.478 e. The van der Waals surface area contributed by atoms with Crippen molar-refractivity contribution in [3.05, 3.63) is 40.1 Å². The molecule has 0 saturated carbocycles. The van der Waals surface area contributed by atoms with Crippen LogP contribution in [-0.4, -0.2) is 17.6 Å². The summed E-state index contributed by atoms with van der Waals surface area (Å²) in [7, 11) is 0. The zero-order valence-electron chi connectivity index (χ0n) is 8.68. The summed E-state index contributed by atoms with van der Waals surface area (Å²) in [5, 5.41) is 11.6. The first-order valence-electron chi connectivity index (χ1n) is 4.53. The average Bonchev–Trinajstić information content (AvgIpc) is 2.19. The molecule has 1 aromatic rings. The van der Waals surface area contributed by atoms with Crippen LogP contribution in [0.3, 0.4) is 0 Å². The summed E-state index contributed by atoms with van der Waals surface area (Å²) in [6, 6.07) is 2.74. The van der Waals surface area contributed by atoms with E-state index in [1.165, 1.54) is 12.1 Å². The summed E-state index contributed by atoms with van der Waals surface area (Å²) in [4.78, 5) is 10.7. The Morgan fingerprint density at radius 3 is 2.75 bits per heavy atom. The number of carboxylic acid groups (broad SMARTS) is 1. The van der Waals surface area contributed by atoms with Crippen LogP contribution in [0.4, 0.5) is 10.1 Å². The molecule has 0 aliphatic carbocycles. The quantitative estimate of drug-likeness (QED) is 0.836. The van der Waals surface area contributed by atoms with Gasteiger partial charge in [0.05, 0.1) is 15.7 Å². The van der Waals surface area contributed by atoms with E-state index in [1.807, 2.05) is 6.92 Å². The number of hydrogen-bond acceptors (Lipinski definition) is 2. The first kappa shape index (κ1) is 12.7. The van der Waals surface area contributed by atoms with E-state index >= 15 is 0 Å². The van der Waals surface area contributed by atoms with Crippen LogP contribution in [0.15, 0.2) is 28.8 Å². The third-order valence-corrected chi connectivity index (χ3v) is 2.67. The highest BCUT2D eigenvalue weighted by Crippen LogP contribution is 2.27. The Kier molecular flexibility index (Phi) is 4.06. The van der Waals surface area contributed by atoms with Gasteiger partial charge in [0.2, 0.25) is 0 Å². The number of anilines is 1. The summed E-state index contributed by atoms with van der Waals surface area (Å²) in [5.74, 6) is -1.78. The van der Waals surface area contributed by atoms with Crippen molar-refractivity contribution in [2.24, 2.45) is 0 Å². The smallest absolute Gasteiger partial charge is 0.336 e. The summed E-state index contributed by atoms with van der Waals surface area (Å²) >= 11 is 2.92. The minimum absolute atomic E-state index is 0.0493. The lowest BCUT2D eigenvalue weighted by Crippen LogP contribution is -2.06. The molecule has 0 amide bonds. The number of halogens is 2. The number of nitrogens with one attached hydrogen (secondary N) is 1. The van der Waals surface area contributed by atoms with Gasteiger partial charge in [0.15, 0.2) is 5.82 Å². The Bertz CT molecular complexity index is 446. The number of benzene rings is 1. The third kappa shape index (κ3) is 2.82. The molecule has 0 aromatic heterocycles. The monoisotopic (exact) mass is 287 g/mol. The van der Waals surface area contributed by atoms with Crippen LogP contribution in [0, 0.1) is 5.82 Å². The van der Waals surface area contributed by atoms with Crippen LogP contribution < -0.4 is 5.32 Å². The zero-order valence-corrected chi connectivity index (χ0v) is 10.3. The molecular formula is C11H11BrFNO2. The summed E-state index contributed by atoms with van der Waals surface area (Å²) in [6.45, 7) is 5.93. The van der Waals surface area contributed by atoms with E-state index in [9.17, 15) is 9.18 Å². The first-order chi connectivity index (χ1) is 7.43. The van der Waals surface area contributed by atoms with Crippen molar-refractivity contribution < 1.29 is 14.3 Å². The predicted molar refractivity (Wildman–Crippen MR) is 64.4 cm³/mol. The average molecular weight is 288 g/mol. The van der Waals surface area contributed by atoms with Crippen molar-refractivity contribution in [2.45, 2.75) is 6.92 Å². The zero-order chi connectivity index (χ0) is 12.3. The number of rotatable bonds is 4. The SMILES string of the molecule is C=C(C)CNc1ccc(C(=O)O)c(Br)c1F. The van der Waals surface area contributed by atoms with Crippen LogP contribution in [0.25, 0.3) is 0 Å². The maximum Gasteiger partial charge on any atom is 0.336 e. The van der Waals surface area contributed by atoms with Crippen molar-refractivity contribution in [3.8, 4) is 0 Å². The van der Waals surface area contributed by atoms with Crippen LogP contribution in [0.1, 0.15) is 17.3 Å². The van der Waals surface area contributed by atoms with Crippen LogP contribution in [0.5, 0.6) is 0 Å². The summed E-state index contributed by atoms with van der Waals surface area (Å²) in [5.41, 5.74) is 1.01. The topological polar surface area (TPSA) is 49.3 Å². The lowest BCUT2D eigenvalue weighted by atomic mass is 10.2. The Balaban J connectivity index is 3.02. The second kappa shape index (κ2) is 5.12. The van der Waals surface area contributed by atoms with Crippen molar-refractivity contribution >= 4 is 27.6 Å². The number of carboxylic acids is 1. The molecule has 2 N–H and O–H groups in total. The standard InChI is InChI=1S/C11H11BrFNO2/c1-6(2)5-14-8-4-3-7(11(15)16)9(12)10(8)13/h3-4,14H,1,5H2,2H3,(H,15,16). The van der Waals surface area contributed by atoms with Gasteiger partial charge < -0.3 is 10.4 Å². The van der Waals surface area contributed by atoms with E-state index in [-0.39, 0.29) is 15.7 Å². The highest BCUT2D eigenvalue weighted by Gasteiger charge is 2.15. The van der Waals surface area contributed by atoms with E-state index < -0.39 is 11.8 Å². The Hall–Kier alpha value is -1.36. The minimum atomic E-state index is -1.17. The van der Waals surface area contributed by atoms with Crippen LogP contribution in [0.2, 0.25) is 0 Å². The molecule has 0 fully saturated rings. The second-order valence-electron chi connectivity index (χ2n) is 3.40. The fourth-order valence-corrected chi connectivity index (χ4v) is 1.61. The van der Waals surface area contributed by atoms with E-state index in [4.69, 9.17) is 5.11 Å². The largest absolute Gasteiger partial charge is 0.478 e. The molecule has 86 valence electrons. The molecule has 0 saturated heterocycles. The van der Waals surface area contributed by atoms with Gasteiger partial charge >= 0.3 is 5.97 Å². The maximum atomic E-state index is 13.7. The fourth-order valence-electron chi connectivity index (χ4n) is 1.10. The maximum absolute atomic E-state index is 13.7. The molecule has 0 atom stereocenters. The van der Waals surface area contributed by atoms with Crippen molar-refractivity contribution in [2.75, 3.05) is 11.9 Å². The highest BCUT2D eigenvalue weighted by molar-refractivity contribution is 9.10. The van der Waals surface area contributed by atoms with Gasteiger partial charge in [-0.05, 0) is 35.0 Å². The lowest BCUT2D eigenvalue weighted by Gasteiger charge is -2.09. The van der Waals surface area contributed by atoms with Gasteiger partial charge in [-0.3, -0.25) is 0 Å². The Labute approximate surface area is 101 Å². The summed E-state index contributed by atoms with van der Waals surface area (Å²) < 4.78 is 13.6. The molecular weight excluding hydrogens is 277 g/mol. The molecule has 0 bridgehead atoms. The molecule has 0 aliphatic rings. The fraction of sp³-hybridized carbons (Fsp3) is 0.182. The van der Waals surface area contributed by atoms with Crippen molar-refractivity contribution in [1.82, 2.24) is 0 Å². The first-order valence-corrected chi connectivity index (χ1v) is 5.32. The molecule has 16 heavy (non-hydrogen) atoms. The molecule has 1 aromatic carbocycles. The van der Waals surface area contributed by atoms with Crippen molar-refractivity contribution in [1.29, 1.82) is 0 Å². The molecule has 3 nitrogen and oxygen atoms in total. The molecule has 1 rings (SSSR count). The van der Waals surface area contributed by atoms with Gasteiger partial charge in [-0.2, -0.15) is 0 Å². The predicted octanol–water partition coefficient (Wildman–Crippen LogP) is 3.27.